The lowest BCUT2D eigenvalue weighted by molar-refractivity contribution is -0.238. The van der Waals surface area contributed by atoms with Gasteiger partial charge in [-0.3, -0.25) is 0 Å². The monoisotopic (exact) mass is 209 g/mol. The first kappa shape index (κ1) is 10.6. The molecule has 0 aliphatic carbocycles. The van der Waals surface area contributed by atoms with E-state index < -0.39 is 12.2 Å². The van der Waals surface area contributed by atoms with Crippen LogP contribution in [0.15, 0.2) is 30.3 Å². The number of rotatable bonds is 3. The molecule has 1 N–H and O–H groups in total. The van der Waals surface area contributed by atoms with Gasteiger partial charge >= 0.3 is 0 Å². The highest BCUT2D eigenvalue weighted by Crippen LogP contribution is 2.22. The van der Waals surface area contributed by atoms with Gasteiger partial charge in [-0.2, -0.15) is 5.48 Å². The highest BCUT2D eigenvalue weighted by atomic mass is 16.9. The van der Waals surface area contributed by atoms with Crippen LogP contribution in [0.5, 0.6) is 0 Å². The van der Waals surface area contributed by atoms with Crippen LogP contribution in [0.4, 0.5) is 0 Å². The molecule has 15 heavy (non-hydrogen) atoms. The highest BCUT2D eigenvalue weighted by Gasteiger charge is 2.37. The number of hydrogen-bond donors (Lipinski definition) is 1. The average molecular weight is 209 g/mol. The van der Waals surface area contributed by atoms with Gasteiger partial charge in [-0.05, 0) is 12.5 Å². The minimum Gasteiger partial charge on any atom is -0.332 e. The standard InChI is InChI=1S/C11H15NO3/c1-11(12-15-10(13-2)14-11)8-9-6-4-3-5-7-9/h3-7,10,12H,8H2,1-2H3. The van der Waals surface area contributed by atoms with Gasteiger partial charge in [0.1, 0.15) is 5.72 Å². The highest BCUT2D eigenvalue weighted by molar-refractivity contribution is 5.16. The van der Waals surface area contributed by atoms with Crippen molar-refractivity contribution >= 4 is 0 Å². The Labute approximate surface area is 89.1 Å². The third-order valence-electron chi connectivity index (χ3n) is 2.30. The van der Waals surface area contributed by atoms with Crippen molar-refractivity contribution < 1.29 is 14.3 Å². The molecule has 1 fully saturated rings. The molecule has 1 aromatic carbocycles. The molecule has 1 aliphatic heterocycles. The summed E-state index contributed by atoms with van der Waals surface area (Å²) in [5.41, 5.74) is 3.50. The Morgan fingerprint density at radius 2 is 2.13 bits per heavy atom. The average Bonchev–Trinajstić information content (AvgIpc) is 2.61. The quantitative estimate of drug-likeness (QED) is 0.817. The smallest absolute Gasteiger partial charge is 0.289 e. The van der Waals surface area contributed by atoms with Crippen LogP contribution in [0, 0.1) is 0 Å². The van der Waals surface area contributed by atoms with Crippen molar-refractivity contribution in [2.75, 3.05) is 7.11 Å². The molecule has 0 radical (unpaired) electrons. The molecule has 4 nitrogen and oxygen atoms in total. The molecule has 1 heterocycles. The molecule has 1 saturated heterocycles. The Morgan fingerprint density at radius 1 is 1.40 bits per heavy atom. The lowest BCUT2D eigenvalue weighted by Gasteiger charge is -2.21. The fourth-order valence-corrected chi connectivity index (χ4v) is 1.59. The first-order valence-electron chi connectivity index (χ1n) is 4.89. The predicted octanol–water partition coefficient (Wildman–Crippen LogP) is 1.43. The van der Waals surface area contributed by atoms with Crippen LogP contribution in [0.1, 0.15) is 12.5 Å². The van der Waals surface area contributed by atoms with E-state index in [1.807, 2.05) is 25.1 Å². The molecular weight excluding hydrogens is 194 g/mol. The van der Waals surface area contributed by atoms with Crippen LogP contribution in [-0.4, -0.2) is 19.3 Å². The first-order chi connectivity index (χ1) is 7.22. The zero-order valence-corrected chi connectivity index (χ0v) is 8.90. The van der Waals surface area contributed by atoms with E-state index in [0.717, 1.165) is 6.42 Å². The van der Waals surface area contributed by atoms with Crippen LogP contribution >= 0.6 is 0 Å². The molecule has 2 rings (SSSR count). The largest absolute Gasteiger partial charge is 0.332 e. The van der Waals surface area contributed by atoms with Crippen molar-refractivity contribution in [1.82, 2.24) is 5.48 Å². The molecule has 0 bridgehead atoms. The van der Waals surface area contributed by atoms with Gasteiger partial charge in [0.15, 0.2) is 0 Å². The van der Waals surface area contributed by atoms with Gasteiger partial charge in [-0.25, -0.2) is 4.84 Å². The second-order valence-electron chi connectivity index (χ2n) is 3.76. The SMILES string of the molecule is COC1ONC(C)(Cc2ccccc2)O1. The third kappa shape index (κ3) is 2.54. The lowest BCUT2D eigenvalue weighted by Crippen LogP contribution is -2.39. The Morgan fingerprint density at radius 3 is 2.73 bits per heavy atom. The maximum atomic E-state index is 5.55. The second kappa shape index (κ2) is 4.28. The Bertz CT molecular complexity index is 317. The van der Waals surface area contributed by atoms with E-state index in [-0.39, 0.29) is 0 Å². The number of benzene rings is 1. The summed E-state index contributed by atoms with van der Waals surface area (Å²) >= 11 is 0. The van der Waals surface area contributed by atoms with Gasteiger partial charge in [0.2, 0.25) is 0 Å². The van der Waals surface area contributed by atoms with E-state index in [1.165, 1.54) is 5.56 Å². The van der Waals surface area contributed by atoms with Crippen LogP contribution in [0.3, 0.4) is 0 Å². The number of hydrogen-bond acceptors (Lipinski definition) is 4. The molecule has 4 heteroatoms. The molecule has 0 amide bonds. The van der Waals surface area contributed by atoms with Gasteiger partial charge in [0.05, 0.1) is 0 Å². The lowest BCUT2D eigenvalue weighted by atomic mass is 10.1. The molecule has 82 valence electrons. The van der Waals surface area contributed by atoms with Gasteiger partial charge in [-0.15, -0.1) is 0 Å². The van der Waals surface area contributed by atoms with Gasteiger partial charge in [0, 0.05) is 13.5 Å². The summed E-state index contributed by atoms with van der Waals surface area (Å²) < 4.78 is 10.5. The van der Waals surface area contributed by atoms with E-state index >= 15 is 0 Å². The van der Waals surface area contributed by atoms with Crippen LogP contribution in [0.25, 0.3) is 0 Å². The van der Waals surface area contributed by atoms with Crippen molar-refractivity contribution in [3.05, 3.63) is 35.9 Å². The number of methoxy groups -OCH3 is 1. The number of ether oxygens (including phenoxy) is 2. The molecule has 0 spiro atoms. The van der Waals surface area contributed by atoms with E-state index in [9.17, 15) is 0 Å². The first-order valence-corrected chi connectivity index (χ1v) is 4.89. The Balaban J connectivity index is 2.00. The molecular formula is C11H15NO3. The topological polar surface area (TPSA) is 39.7 Å². The van der Waals surface area contributed by atoms with E-state index in [2.05, 4.69) is 17.6 Å². The van der Waals surface area contributed by atoms with Crippen LogP contribution in [-0.2, 0) is 20.7 Å². The van der Waals surface area contributed by atoms with Crippen molar-refractivity contribution in [2.45, 2.75) is 25.5 Å². The predicted molar refractivity (Wildman–Crippen MR) is 54.7 cm³/mol. The minimum atomic E-state index is -0.626. The zero-order valence-electron chi connectivity index (χ0n) is 8.90. The molecule has 1 aliphatic rings. The van der Waals surface area contributed by atoms with Crippen molar-refractivity contribution in [3.63, 3.8) is 0 Å². The van der Waals surface area contributed by atoms with E-state index in [1.54, 1.807) is 7.11 Å². The zero-order chi connectivity index (χ0) is 10.7. The molecule has 2 atom stereocenters. The van der Waals surface area contributed by atoms with Crippen molar-refractivity contribution in [1.29, 1.82) is 0 Å². The van der Waals surface area contributed by atoms with Gasteiger partial charge in [0.25, 0.3) is 6.48 Å². The molecule has 0 saturated carbocycles. The summed E-state index contributed by atoms with van der Waals surface area (Å²) in [6.07, 6.45) is 0.730. The van der Waals surface area contributed by atoms with Gasteiger partial charge in [-0.1, -0.05) is 30.3 Å². The maximum Gasteiger partial charge on any atom is 0.289 e. The van der Waals surface area contributed by atoms with Crippen LogP contribution < -0.4 is 5.48 Å². The summed E-state index contributed by atoms with van der Waals surface area (Å²) in [5.74, 6) is 0. The fraction of sp³-hybridized carbons (Fsp3) is 0.455. The normalized spacial score (nSPS) is 30.7. The van der Waals surface area contributed by atoms with Crippen LogP contribution in [0.2, 0.25) is 0 Å². The minimum absolute atomic E-state index is 0.526. The molecule has 2 unspecified atom stereocenters. The molecule has 1 aromatic rings. The Kier molecular flexibility index (Phi) is 3.02. The maximum absolute atomic E-state index is 5.55. The number of nitrogens with one attached hydrogen (secondary N) is 1. The summed E-state index contributed by atoms with van der Waals surface area (Å²) in [6.45, 7) is 1.30. The van der Waals surface area contributed by atoms with E-state index in [0.29, 0.717) is 0 Å². The fourth-order valence-electron chi connectivity index (χ4n) is 1.59. The Hall–Kier alpha value is -0.940. The summed E-state index contributed by atoms with van der Waals surface area (Å²) in [6, 6.07) is 10.1. The summed E-state index contributed by atoms with van der Waals surface area (Å²) in [7, 11) is 1.54. The summed E-state index contributed by atoms with van der Waals surface area (Å²) in [5, 5.41) is 0. The second-order valence-corrected chi connectivity index (χ2v) is 3.76. The van der Waals surface area contributed by atoms with Crippen molar-refractivity contribution in [3.8, 4) is 0 Å². The van der Waals surface area contributed by atoms with E-state index in [4.69, 9.17) is 14.3 Å². The van der Waals surface area contributed by atoms with Gasteiger partial charge < -0.3 is 9.47 Å². The number of hydroxylamine groups is 1. The summed E-state index contributed by atoms with van der Waals surface area (Å²) in [4.78, 5) is 5.10. The molecule has 0 aromatic heterocycles. The van der Waals surface area contributed by atoms with Crippen molar-refractivity contribution in [2.24, 2.45) is 0 Å². The third-order valence-corrected chi connectivity index (χ3v) is 2.30.